The van der Waals surface area contributed by atoms with Crippen molar-refractivity contribution in [2.24, 2.45) is 34.5 Å². The Morgan fingerprint density at radius 3 is 2.64 bits per heavy atom. The molecule has 4 heteroatoms. The van der Waals surface area contributed by atoms with Crippen molar-refractivity contribution >= 4 is 23.1 Å². The standard InChI is InChI=1S/C29H39NOS2/c1-27-15-7-6-10-21(27)11-12-22-23(27)13-16-28(2)24(22)14-17-29(28,31)19-32-26-30-18-25(33-26)20-8-4-3-5-9-20/h3-5,8-9,18,21-24,31H,6-7,10-17,19H2,1-2H3. The first kappa shape index (κ1) is 22.6. The van der Waals surface area contributed by atoms with Gasteiger partial charge in [-0.1, -0.05) is 68.8 Å². The zero-order chi connectivity index (χ0) is 22.7. The molecule has 0 spiro atoms. The molecular weight excluding hydrogens is 442 g/mol. The average molecular weight is 482 g/mol. The molecule has 7 unspecified atom stereocenters. The quantitative estimate of drug-likeness (QED) is 0.448. The van der Waals surface area contributed by atoms with Gasteiger partial charge >= 0.3 is 0 Å². The fourth-order valence-electron chi connectivity index (χ4n) is 8.88. The van der Waals surface area contributed by atoms with Gasteiger partial charge in [0.25, 0.3) is 0 Å². The van der Waals surface area contributed by atoms with Gasteiger partial charge in [-0.15, -0.1) is 11.3 Å². The first-order chi connectivity index (χ1) is 15.9. The van der Waals surface area contributed by atoms with Gasteiger partial charge in [-0.3, -0.25) is 0 Å². The van der Waals surface area contributed by atoms with Crippen molar-refractivity contribution in [2.45, 2.75) is 88.0 Å². The van der Waals surface area contributed by atoms with Crippen LogP contribution in [-0.2, 0) is 0 Å². The van der Waals surface area contributed by atoms with Crippen LogP contribution in [0.15, 0.2) is 40.9 Å². The highest BCUT2D eigenvalue weighted by Gasteiger charge is 2.64. The summed E-state index contributed by atoms with van der Waals surface area (Å²) in [5, 5.41) is 12.1. The number of thioether (sulfide) groups is 1. The molecule has 0 aliphatic heterocycles. The van der Waals surface area contributed by atoms with E-state index < -0.39 is 5.60 Å². The molecule has 178 valence electrons. The van der Waals surface area contributed by atoms with Gasteiger partial charge < -0.3 is 5.11 Å². The number of benzene rings is 1. The second-order valence-electron chi connectivity index (χ2n) is 12.1. The van der Waals surface area contributed by atoms with Crippen LogP contribution < -0.4 is 0 Å². The Kier molecular flexibility index (Phi) is 5.74. The Bertz CT molecular complexity index is 991. The predicted octanol–water partition coefficient (Wildman–Crippen LogP) is 8.07. The fourth-order valence-corrected chi connectivity index (χ4v) is 11.2. The molecule has 33 heavy (non-hydrogen) atoms. The van der Waals surface area contributed by atoms with E-state index in [2.05, 4.69) is 44.2 Å². The molecule has 4 saturated carbocycles. The first-order valence-electron chi connectivity index (χ1n) is 13.3. The molecule has 4 fully saturated rings. The Morgan fingerprint density at radius 1 is 0.970 bits per heavy atom. The SMILES string of the molecule is CC12CCCCC1CCC1C2CCC2(C)C1CCC2(O)CSc1ncc(-c2ccccc2)s1. The third-order valence-electron chi connectivity index (χ3n) is 10.9. The second kappa shape index (κ2) is 8.38. The van der Waals surface area contributed by atoms with Crippen molar-refractivity contribution in [1.29, 1.82) is 0 Å². The zero-order valence-corrected chi connectivity index (χ0v) is 21.9. The lowest BCUT2D eigenvalue weighted by molar-refractivity contribution is -0.143. The maximum Gasteiger partial charge on any atom is 0.150 e. The van der Waals surface area contributed by atoms with Crippen molar-refractivity contribution in [2.75, 3.05) is 5.75 Å². The molecule has 4 aliphatic rings. The monoisotopic (exact) mass is 481 g/mol. The van der Waals surface area contributed by atoms with Crippen molar-refractivity contribution in [3.05, 3.63) is 36.5 Å². The van der Waals surface area contributed by atoms with Gasteiger partial charge in [0.2, 0.25) is 0 Å². The van der Waals surface area contributed by atoms with Gasteiger partial charge in [-0.2, -0.15) is 0 Å². The van der Waals surface area contributed by atoms with E-state index in [0.717, 1.165) is 34.3 Å². The molecule has 4 aliphatic carbocycles. The molecule has 1 heterocycles. The third kappa shape index (κ3) is 3.57. The van der Waals surface area contributed by atoms with E-state index in [1.165, 1.54) is 68.2 Å². The number of aromatic nitrogens is 1. The number of nitrogens with zero attached hydrogens (tertiary/aromatic N) is 1. The number of aliphatic hydroxyl groups is 1. The van der Waals surface area contributed by atoms with Crippen LogP contribution in [0.1, 0.15) is 78.1 Å². The Labute approximate surface area is 208 Å². The molecule has 1 N–H and O–H groups in total. The van der Waals surface area contributed by atoms with Gasteiger partial charge in [0, 0.05) is 17.4 Å². The van der Waals surface area contributed by atoms with Crippen molar-refractivity contribution < 1.29 is 5.11 Å². The van der Waals surface area contributed by atoms with E-state index in [1.54, 1.807) is 23.1 Å². The minimum atomic E-state index is -0.559. The first-order valence-corrected chi connectivity index (χ1v) is 15.1. The lowest BCUT2D eigenvalue weighted by atomic mass is 9.44. The minimum absolute atomic E-state index is 0.0680. The lowest BCUT2D eigenvalue weighted by Crippen LogP contribution is -2.56. The van der Waals surface area contributed by atoms with E-state index in [1.807, 2.05) is 6.20 Å². The summed E-state index contributed by atoms with van der Waals surface area (Å²) in [6.07, 6.45) is 15.4. The van der Waals surface area contributed by atoms with Crippen molar-refractivity contribution in [1.82, 2.24) is 4.98 Å². The lowest BCUT2D eigenvalue weighted by Gasteiger charge is -2.61. The number of rotatable bonds is 4. The fraction of sp³-hybridized carbons (Fsp3) is 0.690. The molecule has 2 aromatic rings. The van der Waals surface area contributed by atoms with Gasteiger partial charge in [0.15, 0.2) is 0 Å². The molecule has 2 nitrogen and oxygen atoms in total. The Morgan fingerprint density at radius 2 is 1.79 bits per heavy atom. The van der Waals surface area contributed by atoms with Gasteiger partial charge in [-0.25, -0.2) is 4.98 Å². The number of thiazole rings is 1. The highest BCUT2D eigenvalue weighted by atomic mass is 32.2. The van der Waals surface area contributed by atoms with E-state index >= 15 is 0 Å². The molecule has 7 atom stereocenters. The summed E-state index contributed by atoms with van der Waals surface area (Å²) in [6, 6.07) is 10.5. The van der Waals surface area contributed by atoms with Crippen LogP contribution in [0.2, 0.25) is 0 Å². The second-order valence-corrected chi connectivity index (χ2v) is 14.3. The molecule has 1 aromatic heterocycles. The van der Waals surface area contributed by atoms with E-state index in [4.69, 9.17) is 4.98 Å². The minimum Gasteiger partial charge on any atom is -0.388 e. The van der Waals surface area contributed by atoms with Gasteiger partial charge in [-0.05, 0) is 86.0 Å². The summed E-state index contributed by atoms with van der Waals surface area (Å²) in [7, 11) is 0. The molecule has 0 amide bonds. The molecule has 0 bridgehead atoms. The Balaban J connectivity index is 1.18. The van der Waals surface area contributed by atoms with Crippen LogP contribution in [0.25, 0.3) is 10.4 Å². The van der Waals surface area contributed by atoms with Crippen LogP contribution in [0.3, 0.4) is 0 Å². The Hall–Kier alpha value is -0.840. The van der Waals surface area contributed by atoms with E-state index in [-0.39, 0.29) is 5.41 Å². The van der Waals surface area contributed by atoms with E-state index in [9.17, 15) is 5.11 Å². The molecule has 0 saturated heterocycles. The maximum absolute atomic E-state index is 12.1. The summed E-state index contributed by atoms with van der Waals surface area (Å²) in [5.41, 5.74) is 1.32. The van der Waals surface area contributed by atoms with Gasteiger partial charge in [0.05, 0.1) is 10.5 Å². The predicted molar refractivity (Wildman–Crippen MR) is 140 cm³/mol. The van der Waals surface area contributed by atoms with E-state index in [0.29, 0.717) is 11.3 Å². The summed E-state index contributed by atoms with van der Waals surface area (Å²) in [6.45, 7) is 5.11. The number of hydrogen-bond acceptors (Lipinski definition) is 4. The normalized spacial score (nSPS) is 42.4. The highest BCUT2D eigenvalue weighted by molar-refractivity contribution is 8.01. The molecule has 6 rings (SSSR count). The summed E-state index contributed by atoms with van der Waals surface area (Å²) >= 11 is 3.56. The van der Waals surface area contributed by atoms with Gasteiger partial charge in [0.1, 0.15) is 4.34 Å². The average Bonchev–Trinajstić information content (AvgIpc) is 3.41. The summed E-state index contributed by atoms with van der Waals surface area (Å²) < 4.78 is 1.10. The number of hydrogen-bond donors (Lipinski definition) is 1. The van der Waals surface area contributed by atoms with Crippen LogP contribution in [0.5, 0.6) is 0 Å². The molecular formula is C29H39NOS2. The largest absolute Gasteiger partial charge is 0.388 e. The smallest absolute Gasteiger partial charge is 0.150 e. The summed E-state index contributed by atoms with van der Waals surface area (Å²) in [5.74, 6) is 4.21. The van der Waals surface area contributed by atoms with Crippen LogP contribution in [-0.4, -0.2) is 21.4 Å². The van der Waals surface area contributed by atoms with Crippen LogP contribution in [0.4, 0.5) is 0 Å². The number of fused-ring (bicyclic) bond motifs is 5. The molecule has 1 aromatic carbocycles. The maximum atomic E-state index is 12.1. The highest BCUT2D eigenvalue weighted by Crippen LogP contribution is 2.68. The van der Waals surface area contributed by atoms with Crippen molar-refractivity contribution in [3.8, 4) is 10.4 Å². The molecule has 0 radical (unpaired) electrons. The zero-order valence-electron chi connectivity index (χ0n) is 20.3. The summed E-state index contributed by atoms with van der Waals surface area (Å²) in [4.78, 5) is 5.92. The van der Waals surface area contributed by atoms with Crippen LogP contribution in [0, 0.1) is 34.5 Å². The van der Waals surface area contributed by atoms with Crippen molar-refractivity contribution in [3.63, 3.8) is 0 Å². The van der Waals surface area contributed by atoms with Crippen LogP contribution >= 0.6 is 23.1 Å². The third-order valence-corrected chi connectivity index (χ3v) is 13.3. The topological polar surface area (TPSA) is 33.1 Å².